The van der Waals surface area contributed by atoms with Gasteiger partial charge in [-0.15, -0.1) is 0 Å². The van der Waals surface area contributed by atoms with Gasteiger partial charge in [-0.25, -0.2) is 0 Å². The molecule has 0 fully saturated rings. The highest BCUT2D eigenvalue weighted by Gasteiger charge is 1.98. The van der Waals surface area contributed by atoms with E-state index >= 15 is 0 Å². The minimum absolute atomic E-state index is 0.484. The van der Waals surface area contributed by atoms with E-state index in [1.54, 1.807) is 0 Å². The molecule has 0 aliphatic rings. The monoisotopic (exact) mass is 253 g/mol. The third-order valence-corrected chi connectivity index (χ3v) is 3.72. The van der Waals surface area contributed by atoms with Crippen LogP contribution >= 0.6 is 24.0 Å². The summed E-state index contributed by atoms with van der Waals surface area (Å²) in [5, 5.41) is 0. The van der Waals surface area contributed by atoms with Gasteiger partial charge in [0.1, 0.15) is 4.99 Å². The molecule has 1 aromatic rings. The molecule has 0 spiro atoms. The molecule has 0 aliphatic carbocycles. The van der Waals surface area contributed by atoms with Crippen molar-refractivity contribution >= 4 is 29.0 Å². The van der Waals surface area contributed by atoms with Gasteiger partial charge in [-0.05, 0) is 23.8 Å². The zero-order valence-electron chi connectivity index (χ0n) is 9.74. The average molecular weight is 253 g/mol. The maximum absolute atomic E-state index is 5.60. The summed E-state index contributed by atoms with van der Waals surface area (Å²) in [6, 6.07) is 8.22. The quantitative estimate of drug-likeness (QED) is 0.592. The standard InChI is InChI=1S/C13H19NS2/c1-2-3-4-8-16-10-11-6-5-7-12(9-11)13(14)15/h5-7,9H,2-4,8,10H2,1H3,(H2,14,15). The Hall–Kier alpha value is -0.540. The van der Waals surface area contributed by atoms with Crippen molar-refractivity contribution in [1.82, 2.24) is 0 Å². The Bertz CT molecular complexity index is 336. The van der Waals surface area contributed by atoms with Crippen molar-refractivity contribution in [2.24, 2.45) is 5.73 Å². The van der Waals surface area contributed by atoms with Crippen LogP contribution in [0.2, 0.25) is 0 Å². The SMILES string of the molecule is CCCCCSCc1cccc(C(N)=S)c1. The van der Waals surface area contributed by atoms with E-state index in [-0.39, 0.29) is 0 Å². The van der Waals surface area contributed by atoms with Crippen LogP contribution in [-0.2, 0) is 5.75 Å². The summed E-state index contributed by atoms with van der Waals surface area (Å²) < 4.78 is 0. The van der Waals surface area contributed by atoms with Crippen LogP contribution in [-0.4, -0.2) is 10.7 Å². The molecule has 0 radical (unpaired) electrons. The van der Waals surface area contributed by atoms with Crippen molar-refractivity contribution in [2.45, 2.75) is 31.9 Å². The molecular formula is C13H19NS2. The molecule has 2 N–H and O–H groups in total. The molecule has 0 heterocycles. The Morgan fingerprint density at radius 1 is 1.38 bits per heavy atom. The van der Waals surface area contributed by atoms with E-state index in [1.807, 2.05) is 23.9 Å². The fourth-order valence-corrected chi connectivity index (χ4v) is 2.55. The van der Waals surface area contributed by atoms with Crippen LogP contribution in [0.5, 0.6) is 0 Å². The van der Waals surface area contributed by atoms with E-state index in [0.717, 1.165) is 11.3 Å². The zero-order valence-corrected chi connectivity index (χ0v) is 11.4. The van der Waals surface area contributed by atoms with Crippen LogP contribution in [0.1, 0.15) is 37.3 Å². The highest BCUT2D eigenvalue weighted by atomic mass is 32.2. The van der Waals surface area contributed by atoms with E-state index in [2.05, 4.69) is 19.1 Å². The molecule has 1 nitrogen and oxygen atoms in total. The molecular weight excluding hydrogens is 234 g/mol. The van der Waals surface area contributed by atoms with E-state index in [1.165, 1.54) is 30.6 Å². The summed E-state index contributed by atoms with van der Waals surface area (Å²) in [6.45, 7) is 2.23. The smallest absolute Gasteiger partial charge is 0.103 e. The van der Waals surface area contributed by atoms with Gasteiger partial charge in [0.15, 0.2) is 0 Å². The van der Waals surface area contributed by atoms with Gasteiger partial charge in [0, 0.05) is 11.3 Å². The van der Waals surface area contributed by atoms with Crippen molar-refractivity contribution in [3.05, 3.63) is 35.4 Å². The summed E-state index contributed by atoms with van der Waals surface area (Å²) in [5.74, 6) is 2.30. The summed E-state index contributed by atoms with van der Waals surface area (Å²) in [5.41, 5.74) is 7.89. The van der Waals surface area contributed by atoms with Crippen LogP contribution in [0.4, 0.5) is 0 Å². The maximum Gasteiger partial charge on any atom is 0.103 e. The number of hydrogen-bond donors (Lipinski definition) is 1. The third kappa shape index (κ3) is 4.99. The number of nitrogens with two attached hydrogens (primary N) is 1. The van der Waals surface area contributed by atoms with Gasteiger partial charge in [-0.1, -0.05) is 50.2 Å². The fourth-order valence-electron chi connectivity index (χ4n) is 1.46. The normalized spacial score (nSPS) is 10.3. The van der Waals surface area contributed by atoms with Gasteiger partial charge < -0.3 is 5.73 Å². The molecule has 0 saturated carbocycles. The summed E-state index contributed by atoms with van der Waals surface area (Å²) in [6.07, 6.45) is 3.94. The first-order chi connectivity index (χ1) is 7.74. The first-order valence-electron chi connectivity index (χ1n) is 5.70. The first-order valence-corrected chi connectivity index (χ1v) is 7.27. The number of benzene rings is 1. The predicted molar refractivity (Wildman–Crippen MR) is 78.0 cm³/mol. The van der Waals surface area contributed by atoms with Crippen LogP contribution in [0.3, 0.4) is 0 Å². The van der Waals surface area contributed by atoms with Gasteiger partial charge in [0.2, 0.25) is 0 Å². The number of unbranched alkanes of at least 4 members (excludes halogenated alkanes) is 2. The summed E-state index contributed by atoms with van der Waals surface area (Å²) in [4.78, 5) is 0.484. The van der Waals surface area contributed by atoms with E-state index in [9.17, 15) is 0 Å². The lowest BCUT2D eigenvalue weighted by Gasteiger charge is -2.04. The molecule has 16 heavy (non-hydrogen) atoms. The second-order valence-corrected chi connectivity index (χ2v) is 5.37. The number of thiocarbonyl (C=S) groups is 1. The van der Waals surface area contributed by atoms with Gasteiger partial charge in [0.05, 0.1) is 0 Å². The average Bonchev–Trinajstić information content (AvgIpc) is 2.29. The minimum Gasteiger partial charge on any atom is -0.389 e. The topological polar surface area (TPSA) is 26.0 Å². The first kappa shape index (κ1) is 13.5. The molecule has 88 valence electrons. The van der Waals surface area contributed by atoms with Crippen molar-refractivity contribution in [3.8, 4) is 0 Å². The predicted octanol–water partition coefficient (Wildman–Crippen LogP) is 3.74. The zero-order chi connectivity index (χ0) is 11.8. The Kier molecular flexibility index (Phi) is 6.50. The van der Waals surface area contributed by atoms with E-state index in [0.29, 0.717) is 4.99 Å². The van der Waals surface area contributed by atoms with Crippen LogP contribution < -0.4 is 5.73 Å². The Morgan fingerprint density at radius 3 is 2.88 bits per heavy atom. The fraction of sp³-hybridized carbons (Fsp3) is 0.462. The van der Waals surface area contributed by atoms with E-state index in [4.69, 9.17) is 18.0 Å². The molecule has 0 aromatic heterocycles. The minimum atomic E-state index is 0.484. The molecule has 0 saturated heterocycles. The van der Waals surface area contributed by atoms with Gasteiger partial charge in [-0.3, -0.25) is 0 Å². The second-order valence-electron chi connectivity index (χ2n) is 3.82. The Balaban J connectivity index is 2.36. The van der Waals surface area contributed by atoms with E-state index < -0.39 is 0 Å². The van der Waals surface area contributed by atoms with Crippen molar-refractivity contribution in [3.63, 3.8) is 0 Å². The van der Waals surface area contributed by atoms with Crippen LogP contribution in [0.15, 0.2) is 24.3 Å². The molecule has 0 unspecified atom stereocenters. The molecule has 0 atom stereocenters. The highest BCUT2D eigenvalue weighted by molar-refractivity contribution is 7.98. The lowest BCUT2D eigenvalue weighted by molar-refractivity contribution is 0.778. The lowest BCUT2D eigenvalue weighted by Crippen LogP contribution is -2.09. The maximum atomic E-state index is 5.60. The Morgan fingerprint density at radius 2 is 2.19 bits per heavy atom. The van der Waals surface area contributed by atoms with Crippen molar-refractivity contribution in [1.29, 1.82) is 0 Å². The lowest BCUT2D eigenvalue weighted by atomic mass is 10.1. The number of thioether (sulfide) groups is 1. The number of hydrogen-bond acceptors (Lipinski definition) is 2. The van der Waals surface area contributed by atoms with Gasteiger partial charge in [-0.2, -0.15) is 11.8 Å². The largest absolute Gasteiger partial charge is 0.389 e. The summed E-state index contributed by atoms with van der Waals surface area (Å²) >= 11 is 6.95. The molecule has 1 rings (SSSR count). The van der Waals surface area contributed by atoms with Gasteiger partial charge >= 0.3 is 0 Å². The molecule has 0 amide bonds. The van der Waals surface area contributed by atoms with Crippen LogP contribution in [0, 0.1) is 0 Å². The van der Waals surface area contributed by atoms with Crippen molar-refractivity contribution in [2.75, 3.05) is 5.75 Å². The summed E-state index contributed by atoms with van der Waals surface area (Å²) in [7, 11) is 0. The molecule has 1 aromatic carbocycles. The van der Waals surface area contributed by atoms with Gasteiger partial charge in [0.25, 0.3) is 0 Å². The highest BCUT2D eigenvalue weighted by Crippen LogP contribution is 2.15. The molecule has 0 bridgehead atoms. The molecule has 3 heteroatoms. The second kappa shape index (κ2) is 7.69. The Labute approximate surface area is 108 Å². The molecule has 0 aliphatic heterocycles. The van der Waals surface area contributed by atoms with Crippen molar-refractivity contribution < 1.29 is 0 Å². The van der Waals surface area contributed by atoms with Crippen LogP contribution in [0.25, 0.3) is 0 Å². The third-order valence-electron chi connectivity index (χ3n) is 2.37. The number of rotatable bonds is 7.